The van der Waals surface area contributed by atoms with Gasteiger partial charge in [-0.05, 0) is 17.7 Å². The zero-order valence-electron chi connectivity index (χ0n) is 12.2. The molecule has 1 rings (SSSR count). The molecule has 0 aliphatic carbocycles. The number of carboxylic acid groups (broad SMARTS) is 1. The third-order valence-electron chi connectivity index (χ3n) is 2.95. The van der Waals surface area contributed by atoms with Crippen molar-refractivity contribution >= 4 is 21.7 Å². The van der Waals surface area contributed by atoms with Crippen LogP contribution in [0.1, 0.15) is 22.8 Å². The number of carbonyl (C=O) groups excluding carboxylic acids is 1. The first-order valence-electron chi connectivity index (χ1n) is 6.35. The molecule has 0 aliphatic heterocycles. The summed E-state index contributed by atoms with van der Waals surface area (Å²) in [6.45, 7) is 1.64. The van der Waals surface area contributed by atoms with E-state index in [1.54, 1.807) is 24.3 Å². The van der Waals surface area contributed by atoms with Crippen molar-refractivity contribution in [1.29, 1.82) is 0 Å². The Bertz CT molecular complexity index is 621. The second-order valence-corrected chi connectivity index (χ2v) is 7.33. The van der Waals surface area contributed by atoms with Gasteiger partial charge >= 0.3 is 5.97 Å². The lowest BCUT2D eigenvalue weighted by Crippen LogP contribution is -2.33. The summed E-state index contributed by atoms with van der Waals surface area (Å²) in [6.07, 6.45) is 1.15. The first kappa shape index (κ1) is 17.2. The third kappa shape index (κ3) is 5.55. The van der Waals surface area contributed by atoms with Crippen LogP contribution in [0.3, 0.4) is 0 Å². The molecule has 6 nitrogen and oxygen atoms in total. The summed E-state index contributed by atoms with van der Waals surface area (Å²) in [4.78, 5) is 24.2. The molecule has 1 aromatic carbocycles. The predicted octanol–water partition coefficient (Wildman–Crippen LogP) is 1.02. The molecule has 0 heterocycles. The Morgan fingerprint density at radius 3 is 2.19 bits per heavy atom. The van der Waals surface area contributed by atoms with E-state index in [-0.39, 0.29) is 18.2 Å². The van der Waals surface area contributed by atoms with Crippen LogP contribution in [-0.4, -0.2) is 50.1 Å². The van der Waals surface area contributed by atoms with Crippen molar-refractivity contribution < 1.29 is 23.1 Å². The van der Waals surface area contributed by atoms with E-state index < -0.39 is 21.7 Å². The number of aliphatic carboxylic acids is 1. The van der Waals surface area contributed by atoms with E-state index in [2.05, 4.69) is 0 Å². The molecule has 1 amide bonds. The number of benzene rings is 1. The molecular weight excluding hydrogens is 294 g/mol. The van der Waals surface area contributed by atoms with Gasteiger partial charge in [0.2, 0.25) is 0 Å². The summed E-state index contributed by atoms with van der Waals surface area (Å²) in [5.41, 5.74) is 1.00. The van der Waals surface area contributed by atoms with Gasteiger partial charge in [0.25, 0.3) is 5.91 Å². The Kier molecular flexibility index (Phi) is 5.48. The van der Waals surface area contributed by atoms with Crippen molar-refractivity contribution in [1.82, 2.24) is 4.90 Å². The van der Waals surface area contributed by atoms with Gasteiger partial charge in [0.15, 0.2) is 9.84 Å². The maximum atomic E-state index is 12.1. The normalized spacial score (nSPS) is 12.7. The summed E-state index contributed by atoms with van der Waals surface area (Å²) >= 11 is 0. The average molecular weight is 313 g/mol. The van der Waals surface area contributed by atoms with Gasteiger partial charge in [0.05, 0.1) is 11.7 Å². The van der Waals surface area contributed by atoms with Gasteiger partial charge < -0.3 is 10.0 Å². The second-order valence-electron chi connectivity index (χ2n) is 5.19. The molecule has 1 aromatic rings. The van der Waals surface area contributed by atoms with Crippen LogP contribution in [0.4, 0.5) is 0 Å². The lowest BCUT2D eigenvalue weighted by Gasteiger charge is -2.19. The quantitative estimate of drug-likeness (QED) is 0.846. The minimum absolute atomic E-state index is 0.0760. The molecule has 7 heteroatoms. The number of nitrogens with zero attached hydrogens (tertiary/aromatic N) is 1. The third-order valence-corrected chi connectivity index (χ3v) is 3.80. The topological polar surface area (TPSA) is 91.8 Å². The number of hydrogen-bond acceptors (Lipinski definition) is 4. The van der Waals surface area contributed by atoms with Crippen LogP contribution >= 0.6 is 0 Å². The van der Waals surface area contributed by atoms with E-state index in [9.17, 15) is 18.0 Å². The van der Waals surface area contributed by atoms with Crippen LogP contribution in [0, 0.1) is 5.92 Å². The number of carbonyl (C=O) groups is 2. The summed E-state index contributed by atoms with van der Waals surface area (Å²) in [6, 6.07) is 6.26. The van der Waals surface area contributed by atoms with E-state index in [4.69, 9.17) is 5.11 Å². The van der Waals surface area contributed by atoms with E-state index in [0.717, 1.165) is 6.26 Å². The van der Waals surface area contributed by atoms with E-state index in [0.29, 0.717) is 11.1 Å². The van der Waals surface area contributed by atoms with Crippen molar-refractivity contribution in [3.8, 4) is 0 Å². The molecule has 0 saturated heterocycles. The van der Waals surface area contributed by atoms with Gasteiger partial charge in [-0.2, -0.15) is 0 Å². The summed E-state index contributed by atoms with van der Waals surface area (Å²) < 4.78 is 22.4. The van der Waals surface area contributed by atoms with Crippen LogP contribution in [0.5, 0.6) is 0 Å². The summed E-state index contributed by atoms with van der Waals surface area (Å²) in [5.74, 6) is -1.98. The van der Waals surface area contributed by atoms with E-state index in [1.807, 2.05) is 0 Å². The molecule has 1 atom stereocenters. The zero-order chi connectivity index (χ0) is 16.2. The highest BCUT2D eigenvalue weighted by Gasteiger charge is 2.18. The molecule has 0 fully saturated rings. The van der Waals surface area contributed by atoms with Crippen LogP contribution in [0.15, 0.2) is 24.3 Å². The molecule has 0 radical (unpaired) electrons. The lowest BCUT2D eigenvalue weighted by atomic mass is 10.1. The van der Waals surface area contributed by atoms with Gasteiger partial charge in [0, 0.05) is 25.4 Å². The van der Waals surface area contributed by atoms with Gasteiger partial charge in [-0.3, -0.25) is 9.59 Å². The minimum atomic E-state index is -3.11. The second kappa shape index (κ2) is 6.71. The zero-order valence-corrected chi connectivity index (χ0v) is 13.1. The SMILES string of the molecule is CC(CN(C)C(=O)c1ccc(CS(C)(=O)=O)cc1)C(=O)O. The summed E-state index contributed by atoms with van der Waals surface area (Å²) in [5, 5.41) is 8.83. The highest BCUT2D eigenvalue weighted by molar-refractivity contribution is 7.89. The van der Waals surface area contributed by atoms with Crippen molar-refractivity contribution in [2.24, 2.45) is 5.92 Å². The molecule has 1 N–H and O–H groups in total. The maximum absolute atomic E-state index is 12.1. The van der Waals surface area contributed by atoms with Crippen LogP contribution in [0.2, 0.25) is 0 Å². The average Bonchev–Trinajstić information content (AvgIpc) is 2.36. The van der Waals surface area contributed by atoms with Crippen molar-refractivity contribution in [3.63, 3.8) is 0 Å². The molecule has 116 valence electrons. The Morgan fingerprint density at radius 2 is 1.76 bits per heavy atom. The van der Waals surface area contributed by atoms with Gasteiger partial charge in [0.1, 0.15) is 0 Å². The van der Waals surface area contributed by atoms with Crippen molar-refractivity contribution in [3.05, 3.63) is 35.4 Å². The van der Waals surface area contributed by atoms with Crippen LogP contribution in [0.25, 0.3) is 0 Å². The molecule has 0 saturated carbocycles. The Balaban J connectivity index is 2.77. The monoisotopic (exact) mass is 313 g/mol. The van der Waals surface area contributed by atoms with Gasteiger partial charge in [-0.1, -0.05) is 19.1 Å². The molecule has 0 spiro atoms. The fourth-order valence-corrected chi connectivity index (χ4v) is 2.64. The highest BCUT2D eigenvalue weighted by Crippen LogP contribution is 2.10. The van der Waals surface area contributed by atoms with Gasteiger partial charge in [-0.25, -0.2) is 8.42 Å². The Hall–Kier alpha value is -1.89. The number of amides is 1. The first-order valence-corrected chi connectivity index (χ1v) is 8.41. The van der Waals surface area contributed by atoms with E-state index in [1.165, 1.54) is 18.9 Å². The number of sulfone groups is 1. The molecule has 0 bridgehead atoms. The summed E-state index contributed by atoms with van der Waals surface area (Å²) in [7, 11) is -1.58. The number of carboxylic acids is 1. The van der Waals surface area contributed by atoms with Crippen molar-refractivity contribution in [2.75, 3.05) is 19.8 Å². The molecule has 21 heavy (non-hydrogen) atoms. The minimum Gasteiger partial charge on any atom is -0.481 e. The van der Waals surface area contributed by atoms with Crippen LogP contribution in [-0.2, 0) is 20.4 Å². The maximum Gasteiger partial charge on any atom is 0.308 e. The standard InChI is InChI=1S/C14H19NO5S/c1-10(14(17)18)8-15(2)13(16)12-6-4-11(5-7-12)9-21(3,19)20/h4-7,10H,8-9H2,1-3H3,(H,17,18). The molecule has 0 aliphatic rings. The highest BCUT2D eigenvalue weighted by atomic mass is 32.2. The molecule has 0 aromatic heterocycles. The predicted molar refractivity (Wildman–Crippen MR) is 78.8 cm³/mol. The Labute approximate surface area is 124 Å². The number of hydrogen-bond donors (Lipinski definition) is 1. The first-order chi connectivity index (χ1) is 9.60. The van der Waals surface area contributed by atoms with Gasteiger partial charge in [-0.15, -0.1) is 0 Å². The van der Waals surface area contributed by atoms with Crippen LogP contribution < -0.4 is 0 Å². The molecule has 1 unspecified atom stereocenters. The largest absolute Gasteiger partial charge is 0.481 e. The lowest BCUT2D eigenvalue weighted by molar-refractivity contribution is -0.141. The van der Waals surface area contributed by atoms with E-state index >= 15 is 0 Å². The number of rotatable bonds is 6. The Morgan fingerprint density at radius 1 is 1.24 bits per heavy atom. The fourth-order valence-electron chi connectivity index (χ4n) is 1.84. The smallest absolute Gasteiger partial charge is 0.308 e. The van der Waals surface area contributed by atoms with Crippen molar-refractivity contribution in [2.45, 2.75) is 12.7 Å². The fraction of sp³-hybridized carbons (Fsp3) is 0.429. The molecular formula is C14H19NO5S.